The molecule has 26 heavy (non-hydrogen) atoms. The van der Waals surface area contributed by atoms with Crippen LogP contribution in [0.4, 0.5) is 4.39 Å². The van der Waals surface area contributed by atoms with Gasteiger partial charge in [0.05, 0.1) is 11.6 Å². The average Bonchev–Trinajstić information content (AvgIpc) is 3.07. The van der Waals surface area contributed by atoms with Crippen LogP contribution in [0.15, 0.2) is 70.1 Å². The standard InChI is InChI=1S/C19H11ClFN3OS/c20-14-6-4-13(5-7-14)16-10-26-18-17(16)19(25)24(11-22-18)23-9-12-2-1-3-15(21)8-12/h1-11H/b23-9-. The van der Waals surface area contributed by atoms with Crippen molar-refractivity contribution in [3.63, 3.8) is 0 Å². The van der Waals surface area contributed by atoms with Gasteiger partial charge in [0, 0.05) is 16.0 Å². The quantitative estimate of drug-likeness (QED) is 0.477. The fourth-order valence-corrected chi connectivity index (χ4v) is 3.60. The molecule has 0 saturated carbocycles. The Hall–Kier alpha value is -2.83. The largest absolute Gasteiger partial charge is 0.283 e. The minimum atomic E-state index is -0.363. The minimum absolute atomic E-state index is 0.283. The molecule has 0 unspecified atom stereocenters. The lowest BCUT2D eigenvalue weighted by Gasteiger charge is -2.02. The van der Waals surface area contributed by atoms with Gasteiger partial charge in [-0.25, -0.2) is 9.37 Å². The zero-order chi connectivity index (χ0) is 18.1. The van der Waals surface area contributed by atoms with Crippen LogP contribution in [0.2, 0.25) is 5.02 Å². The van der Waals surface area contributed by atoms with E-state index in [4.69, 9.17) is 11.6 Å². The number of fused-ring (bicyclic) bond motifs is 1. The average molecular weight is 384 g/mol. The molecule has 0 N–H and O–H groups in total. The highest BCUT2D eigenvalue weighted by Crippen LogP contribution is 2.31. The SMILES string of the molecule is O=c1c2c(-c3ccc(Cl)cc3)csc2ncn1/N=C\c1cccc(F)c1. The van der Waals surface area contributed by atoms with Crippen LogP contribution < -0.4 is 5.56 Å². The molecule has 128 valence electrons. The Morgan fingerprint density at radius 3 is 2.77 bits per heavy atom. The van der Waals surface area contributed by atoms with Crippen molar-refractivity contribution >= 4 is 39.4 Å². The van der Waals surface area contributed by atoms with Crippen molar-refractivity contribution in [2.75, 3.05) is 0 Å². The molecule has 0 aliphatic carbocycles. The molecule has 4 aromatic rings. The Kier molecular flexibility index (Phi) is 4.36. The highest BCUT2D eigenvalue weighted by atomic mass is 35.5. The highest BCUT2D eigenvalue weighted by molar-refractivity contribution is 7.17. The number of thiophene rings is 1. The summed E-state index contributed by atoms with van der Waals surface area (Å²) in [7, 11) is 0. The summed E-state index contributed by atoms with van der Waals surface area (Å²) in [6.07, 6.45) is 2.79. The van der Waals surface area contributed by atoms with Crippen molar-refractivity contribution in [2.45, 2.75) is 0 Å². The van der Waals surface area contributed by atoms with Gasteiger partial charge in [-0.15, -0.1) is 11.3 Å². The first kappa shape index (κ1) is 16.6. The third kappa shape index (κ3) is 3.16. The van der Waals surface area contributed by atoms with E-state index in [2.05, 4.69) is 10.1 Å². The Balaban J connectivity index is 1.80. The fraction of sp³-hybridized carbons (Fsp3) is 0. The maximum absolute atomic E-state index is 13.3. The van der Waals surface area contributed by atoms with Gasteiger partial charge in [0.1, 0.15) is 17.0 Å². The summed E-state index contributed by atoms with van der Waals surface area (Å²) >= 11 is 7.33. The number of hydrogen-bond acceptors (Lipinski definition) is 4. The van der Waals surface area contributed by atoms with E-state index in [1.165, 1.54) is 36.0 Å². The number of rotatable bonds is 3. The first-order chi connectivity index (χ1) is 12.6. The Labute approximate surface area is 156 Å². The topological polar surface area (TPSA) is 47.2 Å². The van der Waals surface area contributed by atoms with Gasteiger partial charge in [-0.05, 0) is 35.4 Å². The van der Waals surface area contributed by atoms with Gasteiger partial charge in [-0.3, -0.25) is 4.79 Å². The summed E-state index contributed by atoms with van der Waals surface area (Å²) in [5.41, 5.74) is 1.94. The van der Waals surface area contributed by atoms with Crippen LogP contribution in [0.5, 0.6) is 0 Å². The first-order valence-corrected chi connectivity index (χ1v) is 8.92. The predicted molar refractivity (Wildman–Crippen MR) is 104 cm³/mol. The van der Waals surface area contributed by atoms with E-state index in [-0.39, 0.29) is 11.4 Å². The molecular formula is C19H11ClFN3OS. The number of benzene rings is 2. The summed E-state index contributed by atoms with van der Waals surface area (Å²) in [6, 6.07) is 13.2. The van der Waals surface area contributed by atoms with Gasteiger partial charge in [-0.2, -0.15) is 9.78 Å². The number of halogens is 2. The van der Waals surface area contributed by atoms with Gasteiger partial charge in [0.15, 0.2) is 0 Å². The second-order valence-electron chi connectivity index (χ2n) is 5.53. The molecule has 0 aliphatic heterocycles. The van der Waals surface area contributed by atoms with Crippen molar-refractivity contribution in [2.24, 2.45) is 5.10 Å². The molecule has 0 fully saturated rings. The monoisotopic (exact) mass is 383 g/mol. The Morgan fingerprint density at radius 2 is 2.00 bits per heavy atom. The number of hydrogen-bond donors (Lipinski definition) is 0. The summed E-state index contributed by atoms with van der Waals surface area (Å²) in [5, 5.41) is 7.15. The second-order valence-corrected chi connectivity index (χ2v) is 6.82. The molecule has 2 aromatic heterocycles. The lowest BCUT2D eigenvalue weighted by atomic mass is 10.1. The summed E-state index contributed by atoms with van der Waals surface area (Å²) in [4.78, 5) is 17.8. The second kappa shape index (κ2) is 6.82. The highest BCUT2D eigenvalue weighted by Gasteiger charge is 2.13. The summed E-state index contributed by atoms with van der Waals surface area (Å²) in [6.45, 7) is 0. The van der Waals surface area contributed by atoms with Gasteiger partial charge in [-0.1, -0.05) is 35.9 Å². The molecule has 4 rings (SSSR count). The van der Waals surface area contributed by atoms with Gasteiger partial charge in [0.25, 0.3) is 5.56 Å². The van der Waals surface area contributed by atoms with Crippen LogP contribution in [-0.4, -0.2) is 15.9 Å². The number of nitrogens with zero attached hydrogens (tertiary/aromatic N) is 3. The smallest absolute Gasteiger partial charge is 0.267 e. The van der Waals surface area contributed by atoms with Gasteiger partial charge in [0.2, 0.25) is 0 Å². The van der Waals surface area contributed by atoms with Crippen LogP contribution in [0.3, 0.4) is 0 Å². The van der Waals surface area contributed by atoms with Gasteiger partial charge >= 0.3 is 0 Å². The van der Waals surface area contributed by atoms with E-state index in [0.717, 1.165) is 15.8 Å². The van der Waals surface area contributed by atoms with Crippen molar-refractivity contribution in [1.29, 1.82) is 0 Å². The van der Waals surface area contributed by atoms with Crippen LogP contribution in [0.1, 0.15) is 5.56 Å². The van der Waals surface area contributed by atoms with Crippen LogP contribution in [0.25, 0.3) is 21.3 Å². The van der Waals surface area contributed by atoms with Crippen LogP contribution >= 0.6 is 22.9 Å². The van der Waals surface area contributed by atoms with E-state index in [0.29, 0.717) is 20.8 Å². The predicted octanol–water partition coefficient (Wildman–Crippen LogP) is 4.80. The lowest BCUT2D eigenvalue weighted by Crippen LogP contribution is -2.16. The third-order valence-corrected chi connectivity index (χ3v) is 4.95. The molecule has 7 heteroatoms. The zero-order valence-electron chi connectivity index (χ0n) is 13.3. The molecular weight excluding hydrogens is 373 g/mol. The summed E-state index contributed by atoms with van der Waals surface area (Å²) in [5.74, 6) is -0.363. The summed E-state index contributed by atoms with van der Waals surface area (Å²) < 4.78 is 14.4. The molecule has 0 aliphatic rings. The van der Waals surface area contributed by atoms with E-state index in [9.17, 15) is 9.18 Å². The van der Waals surface area contributed by atoms with Crippen LogP contribution in [-0.2, 0) is 0 Å². The Morgan fingerprint density at radius 1 is 1.19 bits per heavy atom. The van der Waals surface area contributed by atoms with Crippen molar-refractivity contribution in [3.8, 4) is 11.1 Å². The van der Waals surface area contributed by atoms with E-state index < -0.39 is 0 Å². The molecule has 4 nitrogen and oxygen atoms in total. The zero-order valence-corrected chi connectivity index (χ0v) is 14.8. The molecule has 0 spiro atoms. The van der Waals surface area contributed by atoms with Gasteiger partial charge < -0.3 is 0 Å². The maximum Gasteiger partial charge on any atom is 0.283 e. The van der Waals surface area contributed by atoms with Crippen molar-refractivity contribution in [1.82, 2.24) is 9.66 Å². The van der Waals surface area contributed by atoms with Crippen LogP contribution in [0, 0.1) is 5.82 Å². The van der Waals surface area contributed by atoms with E-state index in [1.807, 2.05) is 17.5 Å². The van der Waals surface area contributed by atoms with Crippen molar-refractivity contribution < 1.29 is 4.39 Å². The molecule has 0 radical (unpaired) electrons. The molecule has 0 bridgehead atoms. The molecule has 2 heterocycles. The van der Waals surface area contributed by atoms with Crippen molar-refractivity contribution in [3.05, 3.63) is 87.0 Å². The molecule has 0 amide bonds. The maximum atomic E-state index is 13.3. The fourth-order valence-electron chi connectivity index (χ4n) is 2.56. The number of aromatic nitrogens is 2. The van der Waals surface area contributed by atoms with E-state index >= 15 is 0 Å². The third-order valence-electron chi connectivity index (χ3n) is 3.81. The molecule has 0 saturated heterocycles. The normalized spacial score (nSPS) is 11.5. The first-order valence-electron chi connectivity index (χ1n) is 7.66. The lowest BCUT2D eigenvalue weighted by molar-refractivity contribution is 0.627. The molecule has 2 aromatic carbocycles. The molecule has 0 atom stereocenters. The Bertz CT molecular complexity index is 1180. The minimum Gasteiger partial charge on any atom is -0.267 e. The van der Waals surface area contributed by atoms with E-state index in [1.54, 1.807) is 24.3 Å².